The molecule has 0 bridgehead atoms. The molecule has 3 aromatic rings. The first-order valence-electron chi connectivity index (χ1n) is 8.30. The largest absolute Gasteiger partial charge is 0.335 e. The Balaban J connectivity index is 1.50. The molecule has 1 aliphatic heterocycles. The van der Waals surface area contributed by atoms with Gasteiger partial charge in [-0.1, -0.05) is 0 Å². The third kappa shape index (κ3) is 3.17. The molecule has 0 spiro atoms. The van der Waals surface area contributed by atoms with E-state index in [0.29, 0.717) is 17.9 Å². The number of rotatable bonds is 3. The topological polar surface area (TPSA) is 66.8 Å². The van der Waals surface area contributed by atoms with Crippen molar-refractivity contribution in [2.24, 2.45) is 0 Å². The predicted octanol–water partition coefficient (Wildman–Crippen LogP) is 2.89. The highest BCUT2D eigenvalue weighted by Crippen LogP contribution is 2.23. The quantitative estimate of drug-likeness (QED) is 0.798. The van der Waals surface area contributed by atoms with Crippen LogP contribution < -0.4 is 0 Å². The first kappa shape index (κ1) is 15.6. The van der Waals surface area contributed by atoms with Crippen LogP contribution in [0.25, 0.3) is 11.3 Å². The van der Waals surface area contributed by atoms with Crippen molar-refractivity contribution >= 4 is 5.91 Å². The van der Waals surface area contributed by atoms with E-state index in [4.69, 9.17) is 0 Å². The third-order valence-electron chi connectivity index (χ3n) is 4.53. The number of nitrogens with zero attached hydrogens (tertiary/aromatic N) is 4. The van der Waals surface area contributed by atoms with Crippen LogP contribution in [0.1, 0.15) is 29.4 Å². The van der Waals surface area contributed by atoms with E-state index in [-0.39, 0.29) is 17.8 Å². The number of amides is 1. The Hall–Kier alpha value is -2.96. The normalized spacial score (nSPS) is 17.6. The minimum Gasteiger partial charge on any atom is -0.335 e. The minimum atomic E-state index is -0.298. The van der Waals surface area contributed by atoms with Crippen LogP contribution in [0, 0.1) is 5.82 Å². The van der Waals surface area contributed by atoms with E-state index in [2.05, 4.69) is 15.3 Å². The number of carbonyl (C=O) groups is 1. The smallest absolute Gasteiger partial charge is 0.271 e. The number of likely N-dealkylation sites (tertiary alicyclic amines) is 1. The average Bonchev–Trinajstić information content (AvgIpc) is 3.34. The van der Waals surface area contributed by atoms with Crippen LogP contribution in [0.2, 0.25) is 0 Å². The Kier molecular flexibility index (Phi) is 4.05. The molecule has 7 heteroatoms. The molecule has 4 rings (SSSR count). The van der Waals surface area contributed by atoms with Crippen molar-refractivity contribution in [3.8, 4) is 11.3 Å². The zero-order chi connectivity index (χ0) is 17.2. The molecule has 25 heavy (non-hydrogen) atoms. The van der Waals surface area contributed by atoms with Crippen LogP contribution in [-0.2, 0) is 0 Å². The Morgan fingerprint density at radius 1 is 1.28 bits per heavy atom. The zero-order valence-electron chi connectivity index (χ0n) is 13.6. The summed E-state index contributed by atoms with van der Waals surface area (Å²) in [5.74, 6) is -0.369. The Bertz CT molecular complexity index is 856. The van der Waals surface area contributed by atoms with Gasteiger partial charge in [0.15, 0.2) is 0 Å². The van der Waals surface area contributed by atoms with Crippen LogP contribution in [0.4, 0.5) is 4.39 Å². The van der Waals surface area contributed by atoms with Gasteiger partial charge in [-0.2, -0.15) is 10.2 Å². The molecular weight excluding hydrogens is 321 g/mol. The van der Waals surface area contributed by atoms with Gasteiger partial charge in [-0.25, -0.2) is 4.39 Å². The number of hydrogen-bond acceptors (Lipinski definition) is 3. The fraction of sp³-hybridized carbons (Fsp3) is 0.278. The highest BCUT2D eigenvalue weighted by molar-refractivity contribution is 5.93. The lowest BCUT2D eigenvalue weighted by Gasteiger charge is -2.32. The standard InChI is InChI=1S/C18H18FN5O/c19-14-6-4-13(5-7-14)16-11-17(22-21-16)18(25)23-9-1-3-15(12-23)24-10-2-8-20-24/h2,4-8,10-11,15H,1,3,9,12H2,(H,21,22). The fourth-order valence-corrected chi connectivity index (χ4v) is 3.22. The lowest BCUT2D eigenvalue weighted by Crippen LogP contribution is -2.41. The monoisotopic (exact) mass is 339 g/mol. The van der Waals surface area contributed by atoms with E-state index in [1.54, 1.807) is 24.4 Å². The highest BCUT2D eigenvalue weighted by atomic mass is 19.1. The van der Waals surface area contributed by atoms with Gasteiger partial charge < -0.3 is 4.90 Å². The number of halogens is 1. The van der Waals surface area contributed by atoms with Crippen LogP contribution >= 0.6 is 0 Å². The number of hydrogen-bond donors (Lipinski definition) is 1. The lowest BCUT2D eigenvalue weighted by atomic mass is 10.1. The summed E-state index contributed by atoms with van der Waals surface area (Å²) in [5, 5.41) is 11.3. The van der Waals surface area contributed by atoms with Gasteiger partial charge in [0.05, 0.1) is 11.7 Å². The molecule has 0 aliphatic carbocycles. The second kappa shape index (κ2) is 6.51. The van der Waals surface area contributed by atoms with E-state index in [9.17, 15) is 9.18 Å². The molecule has 1 atom stereocenters. The molecule has 0 saturated carbocycles. The van der Waals surface area contributed by atoms with E-state index in [1.165, 1.54) is 12.1 Å². The molecule has 1 saturated heterocycles. The van der Waals surface area contributed by atoms with Gasteiger partial charge in [-0.3, -0.25) is 14.6 Å². The van der Waals surface area contributed by atoms with Gasteiger partial charge in [0.2, 0.25) is 0 Å². The molecular formula is C18H18FN5O. The summed E-state index contributed by atoms with van der Waals surface area (Å²) < 4.78 is 14.9. The lowest BCUT2D eigenvalue weighted by molar-refractivity contribution is 0.0667. The summed E-state index contributed by atoms with van der Waals surface area (Å²) in [6.45, 7) is 1.35. The highest BCUT2D eigenvalue weighted by Gasteiger charge is 2.26. The SMILES string of the molecule is O=C(c1cc(-c2ccc(F)cc2)n[nH]1)N1CCCC(n2cccn2)C1. The summed E-state index contributed by atoms with van der Waals surface area (Å²) >= 11 is 0. The van der Waals surface area contributed by atoms with E-state index in [0.717, 1.165) is 24.9 Å². The van der Waals surface area contributed by atoms with Crippen molar-refractivity contribution in [3.63, 3.8) is 0 Å². The molecule has 0 radical (unpaired) electrons. The maximum absolute atomic E-state index is 13.0. The molecule has 1 aromatic carbocycles. The Morgan fingerprint density at radius 3 is 2.88 bits per heavy atom. The number of carbonyl (C=O) groups excluding carboxylic acids is 1. The van der Waals surface area contributed by atoms with E-state index < -0.39 is 0 Å². The van der Waals surface area contributed by atoms with Crippen molar-refractivity contribution in [3.05, 3.63) is 60.3 Å². The second-order valence-corrected chi connectivity index (χ2v) is 6.21. The first-order valence-corrected chi connectivity index (χ1v) is 8.30. The summed E-state index contributed by atoms with van der Waals surface area (Å²) in [6.07, 6.45) is 5.64. The molecule has 1 fully saturated rings. The van der Waals surface area contributed by atoms with Gasteiger partial charge in [0, 0.05) is 31.0 Å². The molecule has 1 amide bonds. The van der Waals surface area contributed by atoms with Crippen LogP contribution in [0.5, 0.6) is 0 Å². The summed E-state index contributed by atoms with van der Waals surface area (Å²) in [7, 11) is 0. The van der Waals surface area contributed by atoms with Crippen LogP contribution in [0.15, 0.2) is 48.8 Å². The van der Waals surface area contributed by atoms with E-state index in [1.807, 2.05) is 21.8 Å². The van der Waals surface area contributed by atoms with Crippen LogP contribution in [-0.4, -0.2) is 43.9 Å². The van der Waals surface area contributed by atoms with Crippen molar-refractivity contribution in [2.75, 3.05) is 13.1 Å². The van der Waals surface area contributed by atoms with E-state index >= 15 is 0 Å². The first-order chi connectivity index (χ1) is 12.2. The number of aromatic nitrogens is 4. The van der Waals surface area contributed by atoms with Crippen LogP contribution in [0.3, 0.4) is 0 Å². The van der Waals surface area contributed by atoms with Crippen molar-refractivity contribution < 1.29 is 9.18 Å². The summed E-state index contributed by atoms with van der Waals surface area (Å²) in [4.78, 5) is 14.6. The Morgan fingerprint density at radius 2 is 2.12 bits per heavy atom. The third-order valence-corrected chi connectivity index (χ3v) is 4.53. The maximum atomic E-state index is 13.0. The van der Waals surface area contributed by atoms with Crippen molar-refractivity contribution in [2.45, 2.75) is 18.9 Å². The predicted molar refractivity (Wildman–Crippen MR) is 90.4 cm³/mol. The zero-order valence-corrected chi connectivity index (χ0v) is 13.6. The van der Waals surface area contributed by atoms with Gasteiger partial charge in [0.1, 0.15) is 11.5 Å². The molecule has 2 aromatic heterocycles. The average molecular weight is 339 g/mol. The number of aromatic amines is 1. The second-order valence-electron chi connectivity index (χ2n) is 6.21. The van der Waals surface area contributed by atoms with Gasteiger partial charge in [-0.05, 0) is 49.2 Å². The fourth-order valence-electron chi connectivity index (χ4n) is 3.22. The minimum absolute atomic E-state index is 0.0716. The molecule has 6 nitrogen and oxygen atoms in total. The number of nitrogens with one attached hydrogen (secondary N) is 1. The number of piperidine rings is 1. The maximum Gasteiger partial charge on any atom is 0.271 e. The van der Waals surface area contributed by atoms with Crippen molar-refractivity contribution in [1.29, 1.82) is 0 Å². The number of benzene rings is 1. The van der Waals surface area contributed by atoms with Gasteiger partial charge >= 0.3 is 0 Å². The van der Waals surface area contributed by atoms with Gasteiger partial charge in [-0.15, -0.1) is 0 Å². The van der Waals surface area contributed by atoms with Crippen molar-refractivity contribution in [1.82, 2.24) is 24.9 Å². The molecule has 3 heterocycles. The molecule has 128 valence electrons. The molecule has 1 unspecified atom stereocenters. The number of H-pyrrole nitrogens is 1. The Labute approximate surface area is 144 Å². The molecule has 1 aliphatic rings. The summed E-state index contributed by atoms with van der Waals surface area (Å²) in [6, 6.07) is 9.86. The molecule has 1 N–H and O–H groups in total. The van der Waals surface area contributed by atoms with Gasteiger partial charge in [0.25, 0.3) is 5.91 Å². The summed E-state index contributed by atoms with van der Waals surface area (Å²) in [5.41, 5.74) is 1.84.